The van der Waals surface area contributed by atoms with Gasteiger partial charge in [0.15, 0.2) is 0 Å². The molecule has 1 aromatic carbocycles. The molecule has 2 heterocycles. The molecule has 0 atom stereocenters. The number of anilines is 1. The number of nitrogen functional groups attached to an aromatic ring is 1. The Morgan fingerprint density at radius 2 is 2.00 bits per heavy atom. The second kappa shape index (κ2) is 6.29. The van der Waals surface area contributed by atoms with Gasteiger partial charge in [-0.2, -0.15) is 0 Å². The lowest BCUT2D eigenvalue weighted by Crippen LogP contribution is -2.52. The number of nitrogens with one attached hydrogen (secondary N) is 1. The zero-order valence-electron chi connectivity index (χ0n) is 12.7. The van der Waals surface area contributed by atoms with Gasteiger partial charge in [-0.25, -0.2) is 5.01 Å². The van der Waals surface area contributed by atoms with Gasteiger partial charge in [0.05, 0.1) is 17.6 Å². The first-order valence-electron chi connectivity index (χ1n) is 7.48. The van der Waals surface area contributed by atoms with E-state index in [9.17, 15) is 4.79 Å². The highest BCUT2D eigenvalue weighted by molar-refractivity contribution is 5.83. The van der Waals surface area contributed by atoms with Crippen LogP contribution in [0, 0.1) is 0 Å². The summed E-state index contributed by atoms with van der Waals surface area (Å²) in [4.78, 5) is 18.9. The number of piperazine rings is 1. The Kier molecular flexibility index (Phi) is 4.22. The van der Waals surface area contributed by atoms with Gasteiger partial charge in [-0.15, -0.1) is 0 Å². The quantitative estimate of drug-likeness (QED) is 0.814. The van der Waals surface area contributed by atoms with E-state index in [0.717, 1.165) is 48.5 Å². The standard InChI is InChI=1S/C16H21N5O/c1-20-6-8-21(9-7-20)19-16(22)11-14-4-2-12-10-13(17)3-5-15(12)18-14/h2-5,10H,6-9,11,17H2,1H3,(H,19,22). The maximum atomic E-state index is 12.1. The smallest absolute Gasteiger partial charge is 0.240 e. The van der Waals surface area contributed by atoms with Crippen molar-refractivity contribution in [2.75, 3.05) is 39.0 Å². The molecule has 0 saturated carbocycles. The van der Waals surface area contributed by atoms with Crippen molar-refractivity contribution in [3.8, 4) is 0 Å². The van der Waals surface area contributed by atoms with Crippen LogP contribution in [0.15, 0.2) is 30.3 Å². The molecule has 116 valence electrons. The van der Waals surface area contributed by atoms with Gasteiger partial charge in [0.25, 0.3) is 0 Å². The third kappa shape index (κ3) is 3.52. The van der Waals surface area contributed by atoms with Gasteiger partial charge in [0, 0.05) is 37.3 Å². The summed E-state index contributed by atoms with van der Waals surface area (Å²) in [6, 6.07) is 9.43. The summed E-state index contributed by atoms with van der Waals surface area (Å²) in [7, 11) is 2.09. The molecule has 0 bridgehead atoms. The molecule has 1 amide bonds. The second-order valence-electron chi connectivity index (χ2n) is 5.76. The highest BCUT2D eigenvalue weighted by Crippen LogP contribution is 2.16. The molecule has 3 N–H and O–H groups in total. The molecule has 1 aliphatic rings. The Morgan fingerprint density at radius 1 is 1.23 bits per heavy atom. The van der Waals surface area contributed by atoms with Crippen molar-refractivity contribution in [2.45, 2.75) is 6.42 Å². The fraction of sp³-hybridized carbons (Fsp3) is 0.375. The molecule has 1 aromatic heterocycles. The summed E-state index contributed by atoms with van der Waals surface area (Å²) in [5.74, 6) is -0.0214. The normalized spacial score (nSPS) is 16.8. The van der Waals surface area contributed by atoms with Crippen LogP contribution in [0.4, 0.5) is 5.69 Å². The number of hydrogen-bond donors (Lipinski definition) is 2. The molecule has 1 saturated heterocycles. The molecule has 0 aliphatic carbocycles. The lowest BCUT2D eigenvalue weighted by Gasteiger charge is -2.32. The number of rotatable bonds is 3. The largest absolute Gasteiger partial charge is 0.399 e. The minimum absolute atomic E-state index is 0.0214. The lowest BCUT2D eigenvalue weighted by molar-refractivity contribution is -0.126. The summed E-state index contributed by atoms with van der Waals surface area (Å²) in [5.41, 5.74) is 11.1. The average molecular weight is 299 g/mol. The number of likely N-dealkylation sites (N-methyl/N-ethyl adjacent to an activating group) is 1. The number of aromatic nitrogens is 1. The first-order chi connectivity index (χ1) is 10.6. The van der Waals surface area contributed by atoms with Crippen LogP contribution in [0.25, 0.3) is 10.9 Å². The third-order valence-corrected chi connectivity index (χ3v) is 3.90. The molecule has 22 heavy (non-hydrogen) atoms. The monoisotopic (exact) mass is 299 g/mol. The number of benzene rings is 1. The van der Waals surface area contributed by atoms with Crippen molar-refractivity contribution >= 4 is 22.5 Å². The van der Waals surface area contributed by atoms with E-state index in [2.05, 4.69) is 22.4 Å². The molecular weight excluding hydrogens is 278 g/mol. The predicted molar refractivity (Wildman–Crippen MR) is 87.1 cm³/mol. The SMILES string of the molecule is CN1CCN(NC(=O)Cc2ccc3cc(N)ccc3n2)CC1. The van der Waals surface area contributed by atoms with E-state index >= 15 is 0 Å². The summed E-state index contributed by atoms with van der Waals surface area (Å²) < 4.78 is 0. The van der Waals surface area contributed by atoms with E-state index in [1.165, 1.54) is 0 Å². The zero-order valence-corrected chi connectivity index (χ0v) is 12.7. The van der Waals surface area contributed by atoms with Crippen molar-refractivity contribution in [2.24, 2.45) is 0 Å². The number of hydrazine groups is 1. The van der Waals surface area contributed by atoms with Gasteiger partial charge in [-0.1, -0.05) is 6.07 Å². The molecule has 0 radical (unpaired) electrons. The number of hydrogen-bond acceptors (Lipinski definition) is 5. The van der Waals surface area contributed by atoms with Crippen LogP contribution in [0.1, 0.15) is 5.69 Å². The third-order valence-electron chi connectivity index (χ3n) is 3.90. The number of amides is 1. The van der Waals surface area contributed by atoms with Crippen LogP contribution in [-0.4, -0.2) is 54.0 Å². The van der Waals surface area contributed by atoms with Crippen LogP contribution in [-0.2, 0) is 11.2 Å². The van der Waals surface area contributed by atoms with E-state index < -0.39 is 0 Å². The van der Waals surface area contributed by atoms with E-state index in [1.54, 1.807) is 0 Å². The number of carbonyl (C=O) groups excluding carboxylic acids is 1. The van der Waals surface area contributed by atoms with Crippen molar-refractivity contribution in [1.29, 1.82) is 0 Å². The molecule has 1 fully saturated rings. The van der Waals surface area contributed by atoms with E-state index in [-0.39, 0.29) is 12.3 Å². The van der Waals surface area contributed by atoms with E-state index in [0.29, 0.717) is 0 Å². The Hall–Kier alpha value is -2.18. The molecule has 2 aromatic rings. The maximum Gasteiger partial charge on any atom is 0.240 e. The molecular formula is C16H21N5O. The summed E-state index contributed by atoms with van der Waals surface area (Å²) >= 11 is 0. The summed E-state index contributed by atoms with van der Waals surface area (Å²) in [6.45, 7) is 3.64. The minimum Gasteiger partial charge on any atom is -0.399 e. The predicted octanol–water partition coefficient (Wildman–Crippen LogP) is 0.638. The average Bonchev–Trinajstić information content (AvgIpc) is 2.50. The lowest BCUT2D eigenvalue weighted by atomic mass is 10.1. The van der Waals surface area contributed by atoms with Crippen molar-refractivity contribution < 1.29 is 4.79 Å². The van der Waals surface area contributed by atoms with Crippen LogP contribution >= 0.6 is 0 Å². The number of nitrogens with zero attached hydrogens (tertiary/aromatic N) is 3. The number of nitrogens with two attached hydrogens (primary N) is 1. The number of pyridine rings is 1. The molecule has 0 spiro atoms. The fourth-order valence-corrected chi connectivity index (χ4v) is 2.58. The highest BCUT2D eigenvalue weighted by Gasteiger charge is 2.16. The number of fused-ring (bicyclic) bond motifs is 1. The first-order valence-corrected chi connectivity index (χ1v) is 7.48. The van der Waals surface area contributed by atoms with Gasteiger partial charge in [0.1, 0.15) is 0 Å². The summed E-state index contributed by atoms with van der Waals surface area (Å²) in [6.07, 6.45) is 0.284. The van der Waals surface area contributed by atoms with Gasteiger partial charge in [0.2, 0.25) is 5.91 Å². The Balaban J connectivity index is 1.62. The van der Waals surface area contributed by atoms with Gasteiger partial charge in [-0.05, 0) is 31.3 Å². The molecule has 1 aliphatic heterocycles. The number of carbonyl (C=O) groups is 1. The van der Waals surface area contributed by atoms with Crippen LogP contribution in [0.3, 0.4) is 0 Å². The minimum atomic E-state index is -0.0214. The van der Waals surface area contributed by atoms with Gasteiger partial charge >= 0.3 is 0 Å². The van der Waals surface area contributed by atoms with E-state index in [1.807, 2.05) is 35.3 Å². The van der Waals surface area contributed by atoms with Crippen LogP contribution < -0.4 is 11.2 Å². The topological polar surface area (TPSA) is 74.5 Å². The van der Waals surface area contributed by atoms with Crippen LogP contribution in [0.2, 0.25) is 0 Å². The second-order valence-corrected chi connectivity index (χ2v) is 5.76. The van der Waals surface area contributed by atoms with Gasteiger partial charge < -0.3 is 10.6 Å². The highest BCUT2D eigenvalue weighted by atomic mass is 16.2. The van der Waals surface area contributed by atoms with E-state index in [4.69, 9.17) is 5.73 Å². The van der Waals surface area contributed by atoms with Crippen molar-refractivity contribution in [3.63, 3.8) is 0 Å². The van der Waals surface area contributed by atoms with Gasteiger partial charge in [-0.3, -0.25) is 15.2 Å². The molecule has 6 heteroatoms. The first kappa shape index (κ1) is 14.7. The zero-order chi connectivity index (χ0) is 15.5. The Labute approximate surface area is 129 Å². The fourth-order valence-electron chi connectivity index (χ4n) is 2.58. The van der Waals surface area contributed by atoms with Crippen molar-refractivity contribution in [1.82, 2.24) is 20.3 Å². The maximum absolute atomic E-state index is 12.1. The Morgan fingerprint density at radius 3 is 2.77 bits per heavy atom. The molecule has 0 unspecified atom stereocenters. The Bertz CT molecular complexity index is 679. The van der Waals surface area contributed by atoms with Crippen molar-refractivity contribution in [3.05, 3.63) is 36.0 Å². The van der Waals surface area contributed by atoms with Crippen LogP contribution in [0.5, 0.6) is 0 Å². The summed E-state index contributed by atoms with van der Waals surface area (Å²) in [5, 5.41) is 2.97. The molecule has 6 nitrogen and oxygen atoms in total. The molecule has 3 rings (SSSR count).